The minimum absolute atomic E-state index is 0.162. The summed E-state index contributed by atoms with van der Waals surface area (Å²) >= 11 is 1.46. The fraction of sp³-hybridized carbons (Fsp3) is 0.375. The molecule has 1 aromatic carbocycles. The van der Waals surface area contributed by atoms with Crippen LogP contribution in [-0.4, -0.2) is 44.7 Å². The molecule has 23 heavy (non-hydrogen) atoms. The van der Waals surface area contributed by atoms with Crippen LogP contribution in [0.4, 0.5) is 9.93 Å². The topological polar surface area (TPSA) is 62.3 Å². The molecule has 2 amide bonds. The molecular formula is C16H19N3O2S2. The molecule has 1 aliphatic heterocycles. The fourth-order valence-electron chi connectivity index (χ4n) is 2.56. The van der Waals surface area contributed by atoms with Crippen LogP contribution in [0.2, 0.25) is 0 Å². The van der Waals surface area contributed by atoms with Gasteiger partial charge in [0, 0.05) is 41.6 Å². The second-order valence-electron chi connectivity index (χ2n) is 5.69. The Morgan fingerprint density at radius 1 is 1.39 bits per heavy atom. The molecule has 5 nitrogen and oxygen atoms in total. The zero-order chi connectivity index (χ0) is 16.2. The molecule has 0 radical (unpaired) electrons. The van der Waals surface area contributed by atoms with E-state index in [0.29, 0.717) is 29.7 Å². The molecule has 0 aliphatic carbocycles. The van der Waals surface area contributed by atoms with Gasteiger partial charge in [-0.25, -0.2) is 9.78 Å². The summed E-state index contributed by atoms with van der Waals surface area (Å²) in [6.07, 6.45) is 1.77. The number of thiazole rings is 1. The van der Waals surface area contributed by atoms with E-state index >= 15 is 0 Å². The first-order valence-corrected chi connectivity index (χ1v) is 9.84. The zero-order valence-electron chi connectivity index (χ0n) is 12.9. The third-order valence-electron chi connectivity index (χ3n) is 3.66. The lowest BCUT2D eigenvalue weighted by atomic mass is 10.2. The van der Waals surface area contributed by atoms with Crippen molar-refractivity contribution >= 4 is 33.3 Å². The van der Waals surface area contributed by atoms with Gasteiger partial charge in [0.15, 0.2) is 5.13 Å². The van der Waals surface area contributed by atoms with E-state index in [1.165, 1.54) is 11.3 Å². The summed E-state index contributed by atoms with van der Waals surface area (Å²) in [6, 6.07) is 9.80. The number of urea groups is 1. The number of carbonyl (C=O) groups excluding carboxylic acids is 1. The normalized spacial score (nSPS) is 21.7. The summed E-state index contributed by atoms with van der Waals surface area (Å²) in [6.45, 7) is 3.19. The molecule has 2 aromatic rings. The quantitative estimate of drug-likeness (QED) is 0.906. The third kappa shape index (κ3) is 4.17. The first-order chi connectivity index (χ1) is 11.1. The highest BCUT2D eigenvalue weighted by Crippen LogP contribution is 2.28. The third-order valence-corrected chi connectivity index (χ3v) is 6.20. The van der Waals surface area contributed by atoms with Gasteiger partial charge in [-0.15, -0.1) is 0 Å². The Hall–Kier alpha value is -1.73. The van der Waals surface area contributed by atoms with Gasteiger partial charge >= 0.3 is 6.03 Å². The lowest BCUT2D eigenvalue weighted by Crippen LogP contribution is -2.38. The molecule has 2 atom stereocenters. The van der Waals surface area contributed by atoms with Gasteiger partial charge in [0.25, 0.3) is 0 Å². The molecule has 122 valence electrons. The summed E-state index contributed by atoms with van der Waals surface area (Å²) in [5.74, 6) is 1.46. The molecule has 1 aliphatic rings. The number of aromatic nitrogens is 1. The second-order valence-corrected chi connectivity index (χ2v) is 8.34. The average Bonchev–Trinajstić information content (AvgIpc) is 2.93. The predicted molar refractivity (Wildman–Crippen MR) is 95.2 cm³/mol. The molecule has 1 fully saturated rings. The van der Waals surface area contributed by atoms with Crippen LogP contribution in [0.15, 0.2) is 36.5 Å². The van der Waals surface area contributed by atoms with Gasteiger partial charge in [-0.1, -0.05) is 48.6 Å². The number of hydrogen-bond acceptors (Lipinski definition) is 4. The van der Waals surface area contributed by atoms with Gasteiger partial charge in [-0.05, 0) is 11.5 Å². The van der Waals surface area contributed by atoms with E-state index in [-0.39, 0.29) is 11.9 Å². The van der Waals surface area contributed by atoms with Gasteiger partial charge in [0.2, 0.25) is 0 Å². The molecular weight excluding hydrogens is 330 g/mol. The van der Waals surface area contributed by atoms with E-state index in [1.54, 1.807) is 11.1 Å². The van der Waals surface area contributed by atoms with Crippen molar-refractivity contribution in [1.82, 2.24) is 9.88 Å². The van der Waals surface area contributed by atoms with Gasteiger partial charge in [0.05, 0.1) is 4.88 Å². The summed E-state index contributed by atoms with van der Waals surface area (Å²) in [5, 5.41) is 3.45. The van der Waals surface area contributed by atoms with Crippen molar-refractivity contribution < 1.29 is 9.00 Å². The molecule has 1 aromatic heterocycles. The van der Waals surface area contributed by atoms with Crippen molar-refractivity contribution in [3.63, 3.8) is 0 Å². The van der Waals surface area contributed by atoms with Crippen LogP contribution in [0.5, 0.6) is 0 Å². The number of carbonyl (C=O) groups is 1. The first-order valence-electron chi connectivity index (χ1n) is 7.54. The van der Waals surface area contributed by atoms with Crippen molar-refractivity contribution in [3.05, 3.63) is 36.5 Å². The standard InChI is InChI=1S/C16H19N3O2S2/c1-12-10-19(7-8-23(21)11-12)16(20)18-15-17-9-14(22-15)13-5-3-2-4-6-13/h2-6,9,12H,7-8,10-11H2,1H3,(H,17,18,20)/t12-,23+/m1/s1. The van der Waals surface area contributed by atoms with Gasteiger partial charge in [0.1, 0.15) is 0 Å². The summed E-state index contributed by atoms with van der Waals surface area (Å²) < 4.78 is 11.7. The largest absolute Gasteiger partial charge is 0.323 e. The van der Waals surface area contributed by atoms with E-state index in [9.17, 15) is 9.00 Å². The SMILES string of the molecule is C[C@@H]1CN(C(=O)Nc2ncc(-c3ccccc3)s2)CC[S@](=O)C1. The van der Waals surface area contributed by atoms with Crippen LogP contribution in [-0.2, 0) is 10.8 Å². The highest BCUT2D eigenvalue weighted by molar-refractivity contribution is 7.85. The van der Waals surface area contributed by atoms with Crippen molar-refractivity contribution in [3.8, 4) is 10.4 Å². The molecule has 1 N–H and O–H groups in total. The first kappa shape index (κ1) is 16.1. The number of rotatable bonds is 2. The molecule has 0 saturated carbocycles. The Morgan fingerprint density at radius 2 is 2.17 bits per heavy atom. The predicted octanol–water partition coefficient (Wildman–Crippen LogP) is 3.04. The molecule has 0 unspecified atom stereocenters. The summed E-state index contributed by atoms with van der Waals surface area (Å²) in [7, 11) is -0.827. The molecule has 7 heteroatoms. The number of anilines is 1. The Balaban J connectivity index is 1.66. The lowest BCUT2D eigenvalue weighted by Gasteiger charge is -2.21. The Kier molecular flexibility index (Phi) is 5.07. The number of benzene rings is 1. The Bertz CT molecular complexity index is 702. The second kappa shape index (κ2) is 7.23. The molecule has 3 rings (SSSR count). The summed E-state index contributed by atoms with van der Waals surface area (Å²) in [4.78, 5) is 19.4. The number of nitrogens with zero attached hydrogens (tertiary/aromatic N) is 2. The maximum atomic E-state index is 12.4. The van der Waals surface area contributed by atoms with Gasteiger partial charge in [-0.3, -0.25) is 9.53 Å². The Morgan fingerprint density at radius 3 is 2.96 bits per heavy atom. The van der Waals surface area contributed by atoms with Crippen LogP contribution in [0.25, 0.3) is 10.4 Å². The van der Waals surface area contributed by atoms with E-state index in [2.05, 4.69) is 10.3 Å². The molecule has 1 saturated heterocycles. The van der Waals surface area contributed by atoms with Crippen LogP contribution >= 0.6 is 11.3 Å². The smallest absolute Gasteiger partial charge is 0.323 e. The van der Waals surface area contributed by atoms with Crippen LogP contribution in [0, 0.1) is 5.92 Å². The van der Waals surface area contributed by atoms with E-state index < -0.39 is 10.8 Å². The maximum absolute atomic E-state index is 12.4. The minimum atomic E-state index is -0.827. The Labute approximate surface area is 142 Å². The molecule has 0 spiro atoms. The number of nitrogens with one attached hydrogen (secondary N) is 1. The minimum Gasteiger partial charge on any atom is -0.323 e. The maximum Gasteiger partial charge on any atom is 0.323 e. The van der Waals surface area contributed by atoms with Crippen LogP contribution in [0.1, 0.15) is 6.92 Å². The number of amides is 2. The van der Waals surface area contributed by atoms with Crippen molar-refractivity contribution in [2.24, 2.45) is 5.92 Å². The van der Waals surface area contributed by atoms with Crippen LogP contribution < -0.4 is 5.32 Å². The monoisotopic (exact) mass is 349 g/mol. The molecule has 0 bridgehead atoms. The molecule has 2 heterocycles. The van der Waals surface area contributed by atoms with E-state index in [1.807, 2.05) is 37.3 Å². The lowest BCUT2D eigenvalue weighted by molar-refractivity contribution is 0.210. The van der Waals surface area contributed by atoms with E-state index in [4.69, 9.17) is 0 Å². The van der Waals surface area contributed by atoms with E-state index in [0.717, 1.165) is 10.4 Å². The highest BCUT2D eigenvalue weighted by atomic mass is 32.2. The average molecular weight is 349 g/mol. The van der Waals surface area contributed by atoms with Gasteiger partial charge in [-0.2, -0.15) is 0 Å². The van der Waals surface area contributed by atoms with Crippen molar-refractivity contribution in [1.29, 1.82) is 0 Å². The van der Waals surface area contributed by atoms with Crippen LogP contribution in [0.3, 0.4) is 0 Å². The van der Waals surface area contributed by atoms with Crippen molar-refractivity contribution in [2.45, 2.75) is 6.92 Å². The zero-order valence-corrected chi connectivity index (χ0v) is 14.5. The highest BCUT2D eigenvalue weighted by Gasteiger charge is 2.23. The van der Waals surface area contributed by atoms with Gasteiger partial charge < -0.3 is 4.90 Å². The fourth-order valence-corrected chi connectivity index (χ4v) is 4.70. The number of hydrogen-bond donors (Lipinski definition) is 1. The van der Waals surface area contributed by atoms with Crippen molar-refractivity contribution in [2.75, 3.05) is 29.9 Å². The summed E-state index contributed by atoms with van der Waals surface area (Å²) in [5.41, 5.74) is 1.09.